The predicted octanol–water partition coefficient (Wildman–Crippen LogP) is 1.64. The number of nitrogens with zero attached hydrogens (tertiary/aromatic N) is 1. The molecule has 1 amide bonds. The lowest BCUT2D eigenvalue weighted by Crippen LogP contribution is -2.38. The van der Waals surface area contributed by atoms with E-state index in [1.807, 2.05) is 13.8 Å². The molecule has 0 aliphatic heterocycles. The van der Waals surface area contributed by atoms with Gasteiger partial charge in [-0.05, 0) is 38.5 Å². The molecule has 0 bridgehead atoms. The largest absolute Gasteiger partial charge is 0.398 e. The minimum absolute atomic E-state index is 0.00906. The average molecular weight is 254 g/mol. The summed E-state index contributed by atoms with van der Waals surface area (Å²) in [6, 6.07) is 3.71. The molecule has 0 unspecified atom stereocenters. The van der Waals surface area contributed by atoms with Crippen molar-refractivity contribution >= 4 is 11.6 Å². The van der Waals surface area contributed by atoms with Gasteiger partial charge in [-0.3, -0.25) is 4.79 Å². The van der Waals surface area contributed by atoms with Crippen molar-refractivity contribution in [2.24, 2.45) is 0 Å². The Morgan fingerprint density at radius 2 is 2.17 bits per heavy atom. The number of nitrogen functional groups attached to an aromatic ring is 1. The maximum Gasteiger partial charge on any atom is 0.256 e. The lowest BCUT2D eigenvalue weighted by Gasteiger charge is -2.27. The molecule has 4 nitrogen and oxygen atoms in total. The van der Waals surface area contributed by atoms with E-state index < -0.39 is 5.82 Å². The van der Waals surface area contributed by atoms with Crippen LogP contribution in [0.5, 0.6) is 0 Å². The van der Waals surface area contributed by atoms with Crippen molar-refractivity contribution in [2.75, 3.05) is 18.9 Å². The Hall–Kier alpha value is -1.62. The van der Waals surface area contributed by atoms with Gasteiger partial charge < -0.3 is 15.7 Å². The van der Waals surface area contributed by atoms with Gasteiger partial charge in [0.25, 0.3) is 5.91 Å². The lowest BCUT2D eigenvalue weighted by molar-refractivity contribution is 0.0693. The molecule has 0 spiro atoms. The van der Waals surface area contributed by atoms with Gasteiger partial charge in [-0.15, -0.1) is 0 Å². The number of hydrogen-bond acceptors (Lipinski definition) is 3. The Labute approximate surface area is 106 Å². The molecule has 0 aliphatic carbocycles. The number of aliphatic hydroxyl groups is 1. The third-order valence-electron chi connectivity index (χ3n) is 2.69. The van der Waals surface area contributed by atoms with E-state index in [2.05, 4.69) is 0 Å². The number of carbonyl (C=O) groups is 1. The molecule has 0 saturated carbocycles. The maximum atomic E-state index is 13.2. The van der Waals surface area contributed by atoms with E-state index in [1.54, 1.807) is 4.90 Å². The number of nitrogens with two attached hydrogens (primary N) is 1. The summed E-state index contributed by atoms with van der Waals surface area (Å²) >= 11 is 0. The van der Waals surface area contributed by atoms with Crippen molar-refractivity contribution in [3.05, 3.63) is 29.6 Å². The fourth-order valence-corrected chi connectivity index (χ4v) is 1.70. The molecule has 0 aromatic heterocycles. The van der Waals surface area contributed by atoms with Gasteiger partial charge in [0.15, 0.2) is 0 Å². The monoisotopic (exact) mass is 254 g/mol. The van der Waals surface area contributed by atoms with Crippen LogP contribution in [0.15, 0.2) is 18.2 Å². The van der Waals surface area contributed by atoms with E-state index in [-0.39, 0.29) is 29.8 Å². The average Bonchev–Trinajstić information content (AvgIpc) is 2.32. The summed E-state index contributed by atoms with van der Waals surface area (Å²) in [5.41, 5.74) is 6.12. The summed E-state index contributed by atoms with van der Waals surface area (Å²) in [6.07, 6.45) is 0.485. The first-order valence-electron chi connectivity index (χ1n) is 5.94. The van der Waals surface area contributed by atoms with Gasteiger partial charge in [-0.25, -0.2) is 4.39 Å². The third kappa shape index (κ3) is 3.43. The number of benzene rings is 1. The highest BCUT2D eigenvalue weighted by atomic mass is 19.1. The second-order valence-corrected chi connectivity index (χ2v) is 4.40. The molecule has 1 aromatic carbocycles. The van der Waals surface area contributed by atoms with Crippen molar-refractivity contribution in [3.8, 4) is 0 Å². The molecule has 0 heterocycles. The standard InChI is InChI=1S/C13H19FN2O2/c1-9(2)16(6-3-7-17)13(18)11-8-10(14)4-5-12(11)15/h4-5,8-9,17H,3,6-7,15H2,1-2H3. The number of halogens is 1. The summed E-state index contributed by atoms with van der Waals surface area (Å²) in [7, 11) is 0. The zero-order valence-electron chi connectivity index (χ0n) is 10.7. The molecule has 18 heavy (non-hydrogen) atoms. The molecule has 0 saturated heterocycles. The van der Waals surface area contributed by atoms with Crippen LogP contribution in [0.3, 0.4) is 0 Å². The highest BCUT2D eigenvalue weighted by Crippen LogP contribution is 2.17. The zero-order valence-corrected chi connectivity index (χ0v) is 10.7. The molecule has 3 N–H and O–H groups in total. The Morgan fingerprint density at radius 3 is 2.72 bits per heavy atom. The van der Waals surface area contributed by atoms with E-state index >= 15 is 0 Å². The van der Waals surface area contributed by atoms with Gasteiger partial charge in [-0.2, -0.15) is 0 Å². The molecular weight excluding hydrogens is 235 g/mol. The Bertz CT molecular complexity index is 421. The first kappa shape index (κ1) is 14.4. The van der Waals surface area contributed by atoms with E-state index in [9.17, 15) is 9.18 Å². The molecule has 1 aromatic rings. The molecule has 0 atom stereocenters. The van der Waals surface area contributed by atoms with Crippen LogP contribution in [0.4, 0.5) is 10.1 Å². The van der Waals surface area contributed by atoms with Crippen LogP contribution >= 0.6 is 0 Å². The number of amides is 1. The van der Waals surface area contributed by atoms with E-state index in [0.717, 1.165) is 6.07 Å². The van der Waals surface area contributed by atoms with Crippen molar-refractivity contribution in [3.63, 3.8) is 0 Å². The maximum absolute atomic E-state index is 13.2. The quantitative estimate of drug-likeness (QED) is 0.785. The Kier molecular flexibility index (Phi) is 5.09. The van der Waals surface area contributed by atoms with Crippen molar-refractivity contribution in [1.29, 1.82) is 0 Å². The lowest BCUT2D eigenvalue weighted by atomic mass is 10.1. The van der Waals surface area contributed by atoms with Crippen LogP contribution in [0, 0.1) is 5.82 Å². The molecule has 0 aliphatic rings. The van der Waals surface area contributed by atoms with Gasteiger partial charge in [-0.1, -0.05) is 0 Å². The summed E-state index contributed by atoms with van der Waals surface area (Å²) in [5.74, 6) is -0.797. The Morgan fingerprint density at radius 1 is 1.50 bits per heavy atom. The zero-order chi connectivity index (χ0) is 13.7. The molecule has 100 valence electrons. The van der Waals surface area contributed by atoms with E-state index in [4.69, 9.17) is 10.8 Å². The Balaban J connectivity index is 2.98. The van der Waals surface area contributed by atoms with Crippen LogP contribution in [-0.4, -0.2) is 35.1 Å². The summed E-state index contributed by atoms with van der Waals surface area (Å²) in [6.45, 7) is 4.16. The summed E-state index contributed by atoms with van der Waals surface area (Å²) in [4.78, 5) is 13.8. The fraction of sp³-hybridized carbons (Fsp3) is 0.462. The number of anilines is 1. The fourth-order valence-electron chi connectivity index (χ4n) is 1.70. The van der Waals surface area contributed by atoms with Crippen molar-refractivity contribution in [2.45, 2.75) is 26.3 Å². The predicted molar refractivity (Wildman–Crippen MR) is 68.7 cm³/mol. The van der Waals surface area contributed by atoms with E-state index in [0.29, 0.717) is 13.0 Å². The van der Waals surface area contributed by atoms with Crippen molar-refractivity contribution < 1.29 is 14.3 Å². The first-order chi connectivity index (χ1) is 8.47. The van der Waals surface area contributed by atoms with Gasteiger partial charge in [0.1, 0.15) is 5.82 Å². The van der Waals surface area contributed by atoms with Crippen LogP contribution in [0.1, 0.15) is 30.6 Å². The number of aliphatic hydroxyl groups excluding tert-OH is 1. The molecule has 0 fully saturated rings. The van der Waals surface area contributed by atoms with Gasteiger partial charge in [0, 0.05) is 24.9 Å². The first-order valence-corrected chi connectivity index (χ1v) is 5.94. The minimum Gasteiger partial charge on any atom is -0.398 e. The number of rotatable bonds is 5. The molecule has 5 heteroatoms. The van der Waals surface area contributed by atoms with E-state index in [1.165, 1.54) is 12.1 Å². The van der Waals surface area contributed by atoms with Crippen LogP contribution < -0.4 is 5.73 Å². The normalized spacial score (nSPS) is 10.7. The number of hydrogen-bond donors (Lipinski definition) is 2. The second kappa shape index (κ2) is 6.35. The topological polar surface area (TPSA) is 66.6 Å². The molecule has 0 radical (unpaired) electrons. The second-order valence-electron chi connectivity index (χ2n) is 4.40. The van der Waals surface area contributed by atoms with Gasteiger partial charge in [0.05, 0.1) is 5.56 Å². The minimum atomic E-state index is -0.488. The van der Waals surface area contributed by atoms with Gasteiger partial charge >= 0.3 is 0 Å². The summed E-state index contributed by atoms with van der Waals surface area (Å²) < 4.78 is 13.2. The molecular formula is C13H19FN2O2. The van der Waals surface area contributed by atoms with Crippen LogP contribution in [0.2, 0.25) is 0 Å². The smallest absolute Gasteiger partial charge is 0.256 e. The number of carbonyl (C=O) groups excluding carboxylic acids is 1. The highest BCUT2D eigenvalue weighted by molar-refractivity contribution is 5.99. The van der Waals surface area contributed by atoms with Crippen molar-refractivity contribution in [1.82, 2.24) is 4.90 Å². The van der Waals surface area contributed by atoms with Gasteiger partial charge in [0.2, 0.25) is 0 Å². The third-order valence-corrected chi connectivity index (χ3v) is 2.69. The SMILES string of the molecule is CC(C)N(CCCO)C(=O)c1cc(F)ccc1N. The van der Waals surface area contributed by atoms with Crippen LogP contribution in [-0.2, 0) is 0 Å². The summed E-state index contributed by atoms with van der Waals surface area (Å²) in [5, 5.41) is 8.83. The highest BCUT2D eigenvalue weighted by Gasteiger charge is 2.20. The molecule has 1 rings (SSSR count). The van der Waals surface area contributed by atoms with Crippen LogP contribution in [0.25, 0.3) is 0 Å².